The van der Waals surface area contributed by atoms with Crippen LogP contribution >= 0.6 is 11.6 Å². The highest BCUT2D eigenvalue weighted by Gasteiger charge is 2.29. The topological polar surface area (TPSA) is 66.5 Å². The Labute approximate surface area is 137 Å². The Morgan fingerprint density at radius 3 is 2.36 bits per heavy atom. The molecule has 1 unspecified atom stereocenters. The molecule has 0 aliphatic heterocycles. The number of hydrogen-bond donors (Lipinski definition) is 1. The lowest BCUT2D eigenvalue weighted by Gasteiger charge is -2.29. The van der Waals surface area contributed by atoms with Gasteiger partial charge in [0.05, 0.1) is 11.9 Å². The second-order valence-electron chi connectivity index (χ2n) is 5.24. The molecule has 1 aromatic carbocycles. The standard InChI is InChI=1S/C15H23ClN2O3S/c1-5-13(6-2)17-15(19)11(3)18(22(4,20)21)14-9-7-8-12(16)10-14/h7-11,13H,5-6H2,1-4H3,(H,17,19). The van der Waals surface area contributed by atoms with Gasteiger partial charge in [0.15, 0.2) is 0 Å². The number of carbonyl (C=O) groups excluding carboxylic acids is 1. The second-order valence-corrected chi connectivity index (χ2v) is 7.53. The van der Waals surface area contributed by atoms with E-state index in [9.17, 15) is 13.2 Å². The molecule has 7 heteroatoms. The fraction of sp³-hybridized carbons (Fsp3) is 0.533. The third kappa shape index (κ3) is 4.88. The van der Waals surface area contributed by atoms with Crippen LogP contribution in [0.15, 0.2) is 24.3 Å². The van der Waals surface area contributed by atoms with Crippen molar-refractivity contribution < 1.29 is 13.2 Å². The summed E-state index contributed by atoms with van der Waals surface area (Å²) in [6.07, 6.45) is 2.67. The number of anilines is 1. The minimum absolute atomic E-state index is 0.0377. The van der Waals surface area contributed by atoms with Crippen LogP contribution in [-0.2, 0) is 14.8 Å². The maximum atomic E-state index is 12.4. The molecule has 1 amide bonds. The van der Waals surface area contributed by atoms with Gasteiger partial charge in [-0.15, -0.1) is 0 Å². The van der Waals surface area contributed by atoms with Crippen molar-refractivity contribution in [2.24, 2.45) is 0 Å². The smallest absolute Gasteiger partial charge is 0.243 e. The zero-order valence-electron chi connectivity index (χ0n) is 13.3. The van der Waals surface area contributed by atoms with Crippen molar-refractivity contribution in [2.45, 2.75) is 45.7 Å². The maximum absolute atomic E-state index is 12.4. The van der Waals surface area contributed by atoms with Crippen molar-refractivity contribution in [3.05, 3.63) is 29.3 Å². The molecule has 0 saturated heterocycles. The van der Waals surface area contributed by atoms with E-state index in [1.165, 1.54) is 6.07 Å². The van der Waals surface area contributed by atoms with E-state index in [4.69, 9.17) is 11.6 Å². The number of nitrogens with zero attached hydrogens (tertiary/aromatic N) is 1. The molecule has 1 rings (SSSR count). The van der Waals surface area contributed by atoms with E-state index in [1.54, 1.807) is 25.1 Å². The first-order chi connectivity index (χ1) is 10.2. The number of benzene rings is 1. The van der Waals surface area contributed by atoms with Crippen molar-refractivity contribution in [3.8, 4) is 0 Å². The van der Waals surface area contributed by atoms with Crippen LogP contribution < -0.4 is 9.62 Å². The van der Waals surface area contributed by atoms with E-state index in [0.717, 1.165) is 23.4 Å². The summed E-state index contributed by atoms with van der Waals surface area (Å²) in [6.45, 7) is 5.52. The maximum Gasteiger partial charge on any atom is 0.243 e. The molecule has 0 heterocycles. The minimum Gasteiger partial charge on any atom is -0.352 e. The van der Waals surface area contributed by atoms with Crippen LogP contribution in [0.1, 0.15) is 33.6 Å². The van der Waals surface area contributed by atoms with Gasteiger partial charge in [0.25, 0.3) is 0 Å². The highest BCUT2D eigenvalue weighted by molar-refractivity contribution is 7.92. The van der Waals surface area contributed by atoms with E-state index in [0.29, 0.717) is 10.7 Å². The van der Waals surface area contributed by atoms with Gasteiger partial charge in [-0.1, -0.05) is 31.5 Å². The van der Waals surface area contributed by atoms with Crippen LogP contribution in [0.25, 0.3) is 0 Å². The Kier molecular flexibility index (Phi) is 6.68. The fourth-order valence-corrected chi connectivity index (χ4v) is 3.59. The van der Waals surface area contributed by atoms with Crippen molar-refractivity contribution in [3.63, 3.8) is 0 Å². The van der Waals surface area contributed by atoms with Gasteiger partial charge in [0, 0.05) is 11.1 Å². The van der Waals surface area contributed by atoms with E-state index < -0.39 is 16.1 Å². The average molecular weight is 347 g/mol. The van der Waals surface area contributed by atoms with Crippen LogP contribution in [0, 0.1) is 0 Å². The number of sulfonamides is 1. The van der Waals surface area contributed by atoms with E-state index >= 15 is 0 Å². The molecule has 1 aromatic rings. The summed E-state index contributed by atoms with van der Waals surface area (Å²) in [5.41, 5.74) is 0.377. The van der Waals surface area contributed by atoms with Gasteiger partial charge in [-0.05, 0) is 38.0 Å². The van der Waals surface area contributed by atoms with Crippen molar-refractivity contribution in [1.82, 2.24) is 5.32 Å². The molecular weight excluding hydrogens is 324 g/mol. The van der Waals surface area contributed by atoms with Crippen molar-refractivity contribution in [1.29, 1.82) is 0 Å². The molecule has 124 valence electrons. The Hall–Kier alpha value is -1.27. The Balaban J connectivity index is 3.10. The highest BCUT2D eigenvalue weighted by Crippen LogP contribution is 2.24. The molecule has 0 fully saturated rings. The molecule has 0 bridgehead atoms. The zero-order chi connectivity index (χ0) is 16.9. The first kappa shape index (κ1) is 18.8. The number of hydrogen-bond acceptors (Lipinski definition) is 3. The Morgan fingerprint density at radius 2 is 1.91 bits per heavy atom. The summed E-state index contributed by atoms with van der Waals surface area (Å²) >= 11 is 5.93. The third-order valence-electron chi connectivity index (χ3n) is 3.48. The SMILES string of the molecule is CCC(CC)NC(=O)C(C)N(c1cccc(Cl)c1)S(C)(=O)=O. The van der Waals surface area contributed by atoms with E-state index in [2.05, 4.69) is 5.32 Å². The summed E-state index contributed by atoms with van der Waals surface area (Å²) in [5.74, 6) is -0.320. The number of halogens is 1. The summed E-state index contributed by atoms with van der Waals surface area (Å²) in [7, 11) is -3.61. The molecule has 22 heavy (non-hydrogen) atoms. The predicted octanol–water partition coefficient (Wildman–Crippen LogP) is 2.80. The monoisotopic (exact) mass is 346 g/mol. The first-order valence-electron chi connectivity index (χ1n) is 7.26. The summed E-state index contributed by atoms with van der Waals surface area (Å²) in [6, 6.07) is 5.64. The number of amides is 1. The Bertz CT molecular complexity index is 615. The lowest BCUT2D eigenvalue weighted by molar-refractivity contribution is -0.122. The number of rotatable bonds is 7. The Morgan fingerprint density at radius 1 is 1.32 bits per heavy atom. The lowest BCUT2D eigenvalue weighted by atomic mass is 10.1. The second kappa shape index (κ2) is 7.83. The molecule has 0 aromatic heterocycles. The van der Waals surface area contributed by atoms with Gasteiger partial charge >= 0.3 is 0 Å². The van der Waals surface area contributed by atoms with E-state index in [-0.39, 0.29) is 11.9 Å². The summed E-state index contributed by atoms with van der Waals surface area (Å²) in [5, 5.41) is 3.29. The number of carbonyl (C=O) groups is 1. The minimum atomic E-state index is -3.61. The van der Waals surface area contributed by atoms with Crippen LogP contribution in [0.5, 0.6) is 0 Å². The molecule has 0 aliphatic carbocycles. The largest absolute Gasteiger partial charge is 0.352 e. The molecule has 0 saturated carbocycles. The van der Waals surface area contributed by atoms with Crippen molar-refractivity contribution in [2.75, 3.05) is 10.6 Å². The van der Waals surface area contributed by atoms with Gasteiger partial charge in [-0.3, -0.25) is 9.10 Å². The van der Waals surface area contributed by atoms with Gasteiger partial charge in [-0.25, -0.2) is 8.42 Å². The first-order valence-corrected chi connectivity index (χ1v) is 9.48. The van der Waals surface area contributed by atoms with Gasteiger partial charge < -0.3 is 5.32 Å². The fourth-order valence-electron chi connectivity index (χ4n) is 2.24. The van der Waals surface area contributed by atoms with Crippen LogP contribution in [-0.4, -0.2) is 32.7 Å². The molecular formula is C15H23ClN2O3S. The third-order valence-corrected chi connectivity index (χ3v) is 4.96. The molecule has 0 radical (unpaired) electrons. The molecule has 0 spiro atoms. The normalized spacial score (nSPS) is 13.0. The molecule has 1 atom stereocenters. The average Bonchev–Trinajstić information content (AvgIpc) is 2.43. The summed E-state index contributed by atoms with van der Waals surface area (Å²) < 4.78 is 25.3. The van der Waals surface area contributed by atoms with Crippen molar-refractivity contribution >= 4 is 33.2 Å². The van der Waals surface area contributed by atoms with Gasteiger partial charge in [0.2, 0.25) is 15.9 Å². The van der Waals surface area contributed by atoms with Gasteiger partial charge in [-0.2, -0.15) is 0 Å². The predicted molar refractivity (Wildman–Crippen MR) is 90.7 cm³/mol. The lowest BCUT2D eigenvalue weighted by Crippen LogP contribution is -2.50. The molecule has 5 nitrogen and oxygen atoms in total. The number of nitrogens with one attached hydrogen (secondary N) is 1. The highest BCUT2D eigenvalue weighted by atomic mass is 35.5. The van der Waals surface area contributed by atoms with E-state index in [1.807, 2.05) is 13.8 Å². The van der Waals surface area contributed by atoms with Crippen LogP contribution in [0.4, 0.5) is 5.69 Å². The molecule has 0 aliphatic rings. The zero-order valence-corrected chi connectivity index (χ0v) is 14.9. The van der Waals surface area contributed by atoms with Crippen LogP contribution in [0.2, 0.25) is 5.02 Å². The molecule has 1 N–H and O–H groups in total. The van der Waals surface area contributed by atoms with Gasteiger partial charge in [0.1, 0.15) is 6.04 Å². The summed E-state index contributed by atoms with van der Waals surface area (Å²) in [4.78, 5) is 12.4. The van der Waals surface area contributed by atoms with Crippen LogP contribution in [0.3, 0.4) is 0 Å². The quantitative estimate of drug-likeness (QED) is 0.825.